The first kappa shape index (κ1) is 18.3. The lowest BCUT2D eigenvalue weighted by molar-refractivity contribution is 0.0638. The third kappa shape index (κ3) is 3.80. The average molecular weight is 383 g/mol. The summed E-state index contributed by atoms with van der Waals surface area (Å²) in [5.74, 6) is 1.66. The molecule has 0 aliphatic carbocycles. The van der Waals surface area contributed by atoms with Gasteiger partial charge in [0.25, 0.3) is 0 Å². The lowest BCUT2D eigenvalue weighted by atomic mass is 10.1. The molecular weight excluding hydrogens is 361 g/mol. The van der Waals surface area contributed by atoms with Gasteiger partial charge in [-0.05, 0) is 31.3 Å². The van der Waals surface area contributed by atoms with E-state index in [1.165, 1.54) is 13.2 Å². The molecule has 3 aromatic rings. The van der Waals surface area contributed by atoms with Crippen molar-refractivity contribution in [1.29, 1.82) is 0 Å². The maximum Gasteiger partial charge on any atom is 0.161 e. The minimum Gasteiger partial charge on any atom is -0.497 e. The molecule has 7 heteroatoms. The fourth-order valence-corrected chi connectivity index (χ4v) is 3.35. The fraction of sp³-hybridized carbons (Fsp3) is 0.286. The van der Waals surface area contributed by atoms with E-state index in [9.17, 15) is 4.39 Å². The van der Waals surface area contributed by atoms with Crippen molar-refractivity contribution >= 4 is 0 Å². The minimum atomic E-state index is -0.354. The van der Waals surface area contributed by atoms with Gasteiger partial charge >= 0.3 is 0 Å². The van der Waals surface area contributed by atoms with Crippen molar-refractivity contribution in [2.75, 3.05) is 27.3 Å². The Labute approximate surface area is 162 Å². The predicted molar refractivity (Wildman–Crippen MR) is 103 cm³/mol. The van der Waals surface area contributed by atoms with Gasteiger partial charge in [-0.3, -0.25) is 10.00 Å². The Morgan fingerprint density at radius 2 is 2.07 bits per heavy atom. The summed E-state index contributed by atoms with van der Waals surface area (Å²) in [6.45, 7) is 1.76. The number of aromatic nitrogens is 2. The van der Waals surface area contributed by atoms with Crippen LogP contribution < -0.4 is 14.2 Å². The van der Waals surface area contributed by atoms with Crippen LogP contribution in [0, 0.1) is 5.82 Å². The van der Waals surface area contributed by atoms with E-state index < -0.39 is 0 Å². The van der Waals surface area contributed by atoms with E-state index in [0.717, 1.165) is 17.1 Å². The molecule has 28 heavy (non-hydrogen) atoms. The minimum absolute atomic E-state index is 0.0760. The summed E-state index contributed by atoms with van der Waals surface area (Å²) in [5, 5.41) is 7.02. The molecule has 4 rings (SSSR count). The number of aromatic amines is 1. The van der Waals surface area contributed by atoms with Crippen molar-refractivity contribution in [2.24, 2.45) is 0 Å². The Morgan fingerprint density at radius 3 is 2.86 bits per heavy atom. The van der Waals surface area contributed by atoms with E-state index in [4.69, 9.17) is 14.2 Å². The number of nitrogens with one attached hydrogen (secondary N) is 1. The molecule has 0 radical (unpaired) electrons. The number of methoxy groups -OCH3 is 1. The van der Waals surface area contributed by atoms with Crippen LogP contribution in [0.2, 0.25) is 0 Å². The molecule has 1 aliphatic heterocycles. The van der Waals surface area contributed by atoms with Crippen molar-refractivity contribution in [3.63, 3.8) is 0 Å². The highest BCUT2D eigenvalue weighted by molar-refractivity contribution is 5.64. The summed E-state index contributed by atoms with van der Waals surface area (Å²) < 4.78 is 31.3. The van der Waals surface area contributed by atoms with Gasteiger partial charge in [-0.15, -0.1) is 0 Å². The first-order valence-electron chi connectivity index (χ1n) is 9.07. The Kier molecular flexibility index (Phi) is 5.16. The second-order valence-corrected chi connectivity index (χ2v) is 6.81. The molecule has 1 aliphatic rings. The zero-order valence-electron chi connectivity index (χ0n) is 15.8. The smallest absolute Gasteiger partial charge is 0.161 e. The number of ether oxygens (including phenoxy) is 3. The van der Waals surface area contributed by atoms with Crippen LogP contribution in [-0.4, -0.2) is 48.5 Å². The number of para-hydroxylation sites is 2. The molecule has 1 aromatic heterocycles. The number of fused-ring (bicyclic) bond motifs is 1. The second-order valence-electron chi connectivity index (χ2n) is 6.81. The zero-order chi connectivity index (χ0) is 19.5. The maximum atomic E-state index is 14.5. The van der Waals surface area contributed by atoms with Gasteiger partial charge in [-0.1, -0.05) is 12.1 Å². The van der Waals surface area contributed by atoms with Crippen LogP contribution in [0.5, 0.6) is 17.2 Å². The SMILES string of the molecule is COc1ccc(-c2[nH]ncc2CN(C)C[C@H]2COc3ccccc3O2)c(F)c1. The molecule has 0 fully saturated rings. The molecule has 146 valence electrons. The van der Waals surface area contributed by atoms with Crippen LogP contribution in [0.25, 0.3) is 11.3 Å². The number of nitrogens with zero attached hydrogens (tertiary/aromatic N) is 2. The first-order valence-corrected chi connectivity index (χ1v) is 9.07. The van der Waals surface area contributed by atoms with Gasteiger partial charge in [0.2, 0.25) is 0 Å². The van der Waals surface area contributed by atoms with Gasteiger partial charge in [0.05, 0.1) is 19.0 Å². The van der Waals surface area contributed by atoms with Crippen molar-refractivity contribution in [2.45, 2.75) is 12.6 Å². The van der Waals surface area contributed by atoms with Crippen molar-refractivity contribution in [3.05, 3.63) is 60.0 Å². The lowest BCUT2D eigenvalue weighted by Crippen LogP contribution is -2.39. The van der Waals surface area contributed by atoms with Gasteiger partial charge in [0.1, 0.15) is 24.3 Å². The predicted octanol–water partition coefficient (Wildman–Crippen LogP) is 3.50. The molecular formula is C21H22FN3O3. The quantitative estimate of drug-likeness (QED) is 0.706. The van der Waals surface area contributed by atoms with Crippen molar-refractivity contribution in [3.8, 4) is 28.5 Å². The second kappa shape index (κ2) is 7.90. The third-order valence-corrected chi connectivity index (χ3v) is 4.69. The van der Waals surface area contributed by atoms with Crippen LogP contribution in [-0.2, 0) is 6.54 Å². The van der Waals surface area contributed by atoms with E-state index in [1.54, 1.807) is 18.3 Å². The van der Waals surface area contributed by atoms with Crippen LogP contribution in [0.3, 0.4) is 0 Å². The summed E-state index contributed by atoms with van der Waals surface area (Å²) in [5.41, 5.74) is 2.04. The molecule has 2 aromatic carbocycles. The summed E-state index contributed by atoms with van der Waals surface area (Å²) in [4.78, 5) is 2.11. The van der Waals surface area contributed by atoms with E-state index >= 15 is 0 Å². The highest BCUT2D eigenvalue weighted by atomic mass is 19.1. The van der Waals surface area contributed by atoms with Gasteiger partial charge in [-0.2, -0.15) is 5.10 Å². The van der Waals surface area contributed by atoms with E-state index in [0.29, 0.717) is 36.7 Å². The van der Waals surface area contributed by atoms with Crippen LogP contribution in [0.4, 0.5) is 4.39 Å². The van der Waals surface area contributed by atoms with Gasteiger partial charge < -0.3 is 14.2 Å². The molecule has 0 bridgehead atoms. The maximum absolute atomic E-state index is 14.5. The Bertz CT molecular complexity index is 960. The van der Waals surface area contributed by atoms with E-state index in [-0.39, 0.29) is 11.9 Å². The molecule has 2 heterocycles. The van der Waals surface area contributed by atoms with Crippen molar-refractivity contribution in [1.82, 2.24) is 15.1 Å². The number of hydrogen-bond acceptors (Lipinski definition) is 5. The Morgan fingerprint density at radius 1 is 1.25 bits per heavy atom. The van der Waals surface area contributed by atoms with Crippen LogP contribution >= 0.6 is 0 Å². The number of halogens is 1. The van der Waals surface area contributed by atoms with Gasteiger partial charge in [0.15, 0.2) is 11.5 Å². The normalized spacial score (nSPS) is 15.6. The summed E-state index contributed by atoms with van der Waals surface area (Å²) in [6.07, 6.45) is 1.65. The number of H-pyrrole nitrogens is 1. The molecule has 1 N–H and O–H groups in total. The number of rotatable bonds is 6. The molecule has 1 atom stereocenters. The fourth-order valence-electron chi connectivity index (χ4n) is 3.35. The highest BCUT2D eigenvalue weighted by Gasteiger charge is 2.23. The van der Waals surface area contributed by atoms with Crippen LogP contribution in [0.1, 0.15) is 5.56 Å². The monoisotopic (exact) mass is 383 g/mol. The molecule has 0 unspecified atom stereocenters. The summed E-state index contributed by atoms with van der Waals surface area (Å²) >= 11 is 0. The zero-order valence-corrected chi connectivity index (χ0v) is 15.8. The number of benzene rings is 2. The molecule has 0 amide bonds. The van der Waals surface area contributed by atoms with Crippen molar-refractivity contribution < 1.29 is 18.6 Å². The first-order chi connectivity index (χ1) is 13.6. The topological polar surface area (TPSA) is 59.6 Å². The van der Waals surface area contributed by atoms with E-state index in [1.807, 2.05) is 31.3 Å². The Balaban J connectivity index is 1.44. The standard InChI is InChI=1S/C21H22FN3O3/c1-25(12-16-13-27-19-5-3-4-6-20(19)28-16)11-14-10-23-24-21(14)17-8-7-15(26-2)9-18(17)22/h3-10,16H,11-13H2,1-2H3,(H,23,24)/t16-/m0/s1. The summed E-state index contributed by atoms with van der Waals surface area (Å²) in [7, 11) is 3.51. The largest absolute Gasteiger partial charge is 0.497 e. The molecule has 6 nitrogen and oxygen atoms in total. The van der Waals surface area contributed by atoms with Gasteiger partial charge in [-0.25, -0.2) is 4.39 Å². The molecule has 0 saturated carbocycles. The van der Waals surface area contributed by atoms with Gasteiger partial charge in [0, 0.05) is 30.3 Å². The lowest BCUT2D eigenvalue weighted by Gasteiger charge is -2.29. The highest BCUT2D eigenvalue weighted by Crippen LogP contribution is 2.31. The third-order valence-electron chi connectivity index (χ3n) is 4.69. The number of hydrogen-bond donors (Lipinski definition) is 1. The number of likely N-dealkylation sites (N-methyl/N-ethyl adjacent to an activating group) is 1. The Hall–Kier alpha value is -3.06. The molecule has 0 spiro atoms. The summed E-state index contributed by atoms with van der Waals surface area (Å²) in [6, 6.07) is 12.5. The van der Waals surface area contributed by atoms with Crippen LogP contribution in [0.15, 0.2) is 48.7 Å². The molecule has 0 saturated heterocycles. The average Bonchev–Trinajstić information content (AvgIpc) is 3.15. The van der Waals surface area contributed by atoms with E-state index in [2.05, 4.69) is 15.1 Å².